The first-order chi connectivity index (χ1) is 17.7. The van der Waals surface area contributed by atoms with Crippen LogP contribution in [0.5, 0.6) is 0 Å². The van der Waals surface area contributed by atoms with Crippen LogP contribution in [0, 0.1) is 6.92 Å². The summed E-state index contributed by atoms with van der Waals surface area (Å²) < 4.78 is 28.7. The van der Waals surface area contributed by atoms with Gasteiger partial charge >= 0.3 is 0 Å². The quantitative estimate of drug-likeness (QED) is 0.353. The third kappa shape index (κ3) is 6.24. The third-order valence-electron chi connectivity index (χ3n) is 7.26. The standard InChI is InChI=1S/C31H38N2O3S/c1-5-30(27-13-12-25-8-6-7-9-26(25)20-27)32-31(34)21-33(28-16-14-24(15-17-28)22(2)3)37(35,36)29-18-10-23(4)11-19-29/h10-20,22,30H,5-9,21H2,1-4H3,(H,32,34)/t30-/m0/s1. The van der Waals surface area contributed by atoms with Crippen LogP contribution < -0.4 is 9.62 Å². The van der Waals surface area contributed by atoms with Crippen LogP contribution in [0.4, 0.5) is 5.69 Å². The van der Waals surface area contributed by atoms with Gasteiger partial charge in [-0.05, 0) is 91.5 Å². The molecule has 0 radical (unpaired) electrons. The Bertz CT molecular complexity index is 1330. The molecule has 3 aromatic carbocycles. The van der Waals surface area contributed by atoms with Gasteiger partial charge < -0.3 is 5.32 Å². The van der Waals surface area contributed by atoms with E-state index in [1.54, 1.807) is 36.4 Å². The minimum Gasteiger partial charge on any atom is -0.348 e. The van der Waals surface area contributed by atoms with E-state index in [1.807, 2.05) is 26.0 Å². The number of aryl methyl sites for hydroxylation is 3. The Morgan fingerprint density at radius 3 is 2.14 bits per heavy atom. The van der Waals surface area contributed by atoms with Gasteiger partial charge in [-0.3, -0.25) is 9.10 Å². The number of nitrogens with one attached hydrogen (secondary N) is 1. The fourth-order valence-corrected chi connectivity index (χ4v) is 6.36. The molecule has 1 amide bonds. The second-order valence-electron chi connectivity index (χ2n) is 10.3. The number of hydrogen-bond acceptors (Lipinski definition) is 3. The largest absolute Gasteiger partial charge is 0.348 e. The molecular formula is C31H38N2O3S. The van der Waals surface area contributed by atoms with Crippen molar-refractivity contribution in [2.45, 2.75) is 76.7 Å². The number of carbonyl (C=O) groups excluding carboxylic acids is 1. The highest BCUT2D eigenvalue weighted by molar-refractivity contribution is 7.92. The van der Waals surface area contributed by atoms with Crippen molar-refractivity contribution in [3.63, 3.8) is 0 Å². The minimum absolute atomic E-state index is 0.167. The monoisotopic (exact) mass is 518 g/mol. The smallest absolute Gasteiger partial charge is 0.264 e. The Morgan fingerprint density at radius 2 is 1.51 bits per heavy atom. The van der Waals surface area contributed by atoms with Crippen molar-refractivity contribution in [2.24, 2.45) is 0 Å². The normalized spacial score (nSPS) is 14.2. The van der Waals surface area contributed by atoms with Crippen molar-refractivity contribution < 1.29 is 13.2 Å². The van der Waals surface area contributed by atoms with E-state index in [2.05, 4.69) is 37.4 Å². The van der Waals surface area contributed by atoms with E-state index < -0.39 is 10.0 Å². The van der Waals surface area contributed by atoms with Crippen molar-refractivity contribution in [3.8, 4) is 0 Å². The van der Waals surface area contributed by atoms with E-state index >= 15 is 0 Å². The number of benzene rings is 3. The van der Waals surface area contributed by atoms with Gasteiger partial charge in [0.2, 0.25) is 5.91 Å². The Balaban J connectivity index is 1.60. The molecule has 1 atom stereocenters. The molecular weight excluding hydrogens is 480 g/mol. The number of hydrogen-bond donors (Lipinski definition) is 1. The molecule has 3 aromatic rings. The SMILES string of the molecule is CC[C@H](NC(=O)CN(c1ccc(C(C)C)cc1)S(=O)(=O)c1ccc(C)cc1)c1ccc2c(c1)CCCC2. The molecule has 0 bridgehead atoms. The summed E-state index contributed by atoms with van der Waals surface area (Å²) in [6.45, 7) is 7.84. The van der Waals surface area contributed by atoms with Gasteiger partial charge in [0, 0.05) is 0 Å². The summed E-state index contributed by atoms with van der Waals surface area (Å²) >= 11 is 0. The predicted molar refractivity (Wildman–Crippen MR) is 151 cm³/mol. The minimum atomic E-state index is -3.95. The zero-order chi connectivity index (χ0) is 26.6. The molecule has 0 saturated heterocycles. The number of amides is 1. The van der Waals surface area contributed by atoms with Crippen LogP contribution in [-0.4, -0.2) is 20.9 Å². The highest BCUT2D eigenvalue weighted by Crippen LogP contribution is 2.28. The lowest BCUT2D eigenvalue weighted by Crippen LogP contribution is -2.42. The molecule has 1 N–H and O–H groups in total. The number of nitrogens with zero attached hydrogens (tertiary/aromatic N) is 1. The Kier molecular flexibility index (Phi) is 8.38. The first kappa shape index (κ1) is 26.9. The van der Waals surface area contributed by atoms with Gasteiger partial charge in [0.25, 0.3) is 10.0 Å². The van der Waals surface area contributed by atoms with E-state index in [9.17, 15) is 13.2 Å². The molecule has 1 aliphatic rings. The van der Waals surface area contributed by atoms with Crippen LogP contribution in [0.15, 0.2) is 71.6 Å². The molecule has 0 aromatic heterocycles. The summed E-state index contributed by atoms with van der Waals surface area (Å²) in [6.07, 6.45) is 5.33. The lowest BCUT2D eigenvalue weighted by molar-refractivity contribution is -0.120. The highest BCUT2D eigenvalue weighted by atomic mass is 32.2. The molecule has 4 rings (SSSR count). The van der Waals surface area contributed by atoms with E-state index in [-0.39, 0.29) is 23.4 Å². The molecule has 0 heterocycles. The maximum Gasteiger partial charge on any atom is 0.264 e. The highest BCUT2D eigenvalue weighted by Gasteiger charge is 2.28. The summed E-state index contributed by atoms with van der Waals surface area (Å²) in [5.41, 5.74) is 6.40. The zero-order valence-corrected chi connectivity index (χ0v) is 23.1. The van der Waals surface area contributed by atoms with E-state index in [1.165, 1.54) is 28.3 Å². The molecule has 1 aliphatic carbocycles. The van der Waals surface area contributed by atoms with Gasteiger partial charge in [-0.1, -0.05) is 68.8 Å². The van der Waals surface area contributed by atoms with Crippen molar-refractivity contribution in [1.29, 1.82) is 0 Å². The van der Waals surface area contributed by atoms with Crippen LogP contribution in [0.1, 0.15) is 79.8 Å². The summed E-state index contributed by atoms with van der Waals surface area (Å²) in [6, 6.07) is 20.5. The van der Waals surface area contributed by atoms with Crippen molar-refractivity contribution >= 4 is 21.6 Å². The number of sulfonamides is 1. The van der Waals surface area contributed by atoms with Crippen molar-refractivity contribution in [1.82, 2.24) is 5.32 Å². The third-order valence-corrected chi connectivity index (χ3v) is 9.05. The fourth-order valence-electron chi connectivity index (χ4n) is 4.94. The maximum atomic E-state index is 13.7. The molecule has 0 spiro atoms. The maximum absolute atomic E-state index is 13.7. The van der Waals surface area contributed by atoms with Crippen LogP contribution in [0.2, 0.25) is 0 Å². The first-order valence-corrected chi connectivity index (χ1v) is 14.7. The van der Waals surface area contributed by atoms with Gasteiger partial charge in [0.05, 0.1) is 16.6 Å². The molecule has 6 heteroatoms. The number of fused-ring (bicyclic) bond motifs is 1. The Hall–Kier alpha value is -3.12. The van der Waals surface area contributed by atoms with Crippen LogP contribution in [0.3, 0.4) is 0 Å². The van der Waals surface area contributed by atoms with Gasteiger partial charge in [-0.15, -0.1) is 0 Å². The second-order valence-corrected chi connectivity index (χ2v) is 12.2. The van der Waals surface area contributed by atoms with Crippen LogP contribution in [-0.2, 0) is 27.7 Å². The Labute approximate surface area is 222 Å². The average molecular weight is 519 g/mol. The number of anilines is 1. The van der Waals surface area contributed by atoms with Gasteiger partial charge in [0.15, 0.2) is 0 Å². The van der Waals surface area contributed by atoms with Gasteiger partial charge in [0.1, 0.15) is 6.54 Å². The van der Waals surface area contributed by atoms with Gasteiger partial charge in [-0.2, -0.15) is 0 Å². The molecule has 196 valence electrons. The van der Waals surface area contributed by atoms with Crippen LogP contribution >= 0.6 is 0 Å². The van der Waals surface area contributed by atoms with E-state index in [4.69, 9.17) is 0 Å². The molecule has 0 saturated carbocycles. The molecule has 0 fully saturated rings. The fraction of sp³-hybridized carbons (Fsp3) is 0.387. The molecule has 0 unspecified atom stereocenters. The lowest BCUT2D eigenvalue weighted by atomic mass is 9.89. The second kappa shape index (κ2) is 11.5. The molecule has 37 heavy (non-hydrogen) atoms. The zero-order valence-electron chi connectivity index (χ0n) is 22.3. The summed E-state index contributed by atoms with van der Waals surface area (Å²) in [7, 11) is -3.95. The van der Waals surface area contributed by atoms with Crippen molar-refractivity contribution in [2.75, 3.05) is 10.8 Å². The summed E-state index contributed by atoms with van der Waals surface area (Å²) in [5.74, 6) is -0.00497. The van der Waals surface area contributed by atoms with Gasteiger partial charge in [-0.25, -0.2) is 8.42 Å². The van der Waals surface area contributed by atoms with Crippen molar-refractivity contribution in [3.05, 3.63) is 94.5 Å². The van der Waals surface area contributed by atoms with E-state index in [0.29, 0.717) is 11.6 Å². The number of rotatable bonds is 9. The molecule has 0 aliphatic heterocycles. The Morgan fingerprint density at radius 1 is 0.892 bits per heavy atom. The predicted octanol–water partition coefficient (Wildman–Crippen LogP) is 6.46. The first-order valence-electron chi connectivity index (χ1n) is 13.3. The van der Waals surface area contributed by atoms with Crippen LogP contribution in [0.25, 0.3) is 0 Å². The molecule has 5 nitrogen and oxygen atoms in total. The summed E-state index contributed by atoms with van der Waals surface area (Å²) in [4.78, 5) is 13.5. The number of carbonyl (C=O) groups is 1. The lowest BCUT2D eigenvalue weighted by Gasteiger charge is -2.26. The summed E-state index contributed by atoms with van der Waals surface area (Å²) in [5, 5.41) is 3.11. The topological polar surface area (TPSA) is 66.5 Å². The average Bonchev–Trinajstić information content (AvgIpc) is 2.90. The van der Waals surface area contributed by atoms with E-state index in [0.717, 1.165) is 36.0 Å².